The third-order valence-corrected chi connectivity index (χ3v) is 3.75. The Bertz CT molecular complexity index is 350. The zero-order valence-corrected chi connectivity index (χ0v) is 13.6. The third-order valence-electron chi connectivity index (χ3n) is 2.91. The fraction of sp³-hybridized carbons (Fsp3) is 0.625. The van der Waals surface area contributed by atoms with Crippen LogP contribution in [0.4, 0.5) is 0 Å². The van der Waals surface area contributed by atoms with Crippen LogP contribution in [0.25, 0.3) is 0 Å². The molecule has 0 aliphatic carbocycles. The molecule has 1 rings (SSSR count). The van der Waals surface area contributed by atoms with E-state index in [2.05, 4.69) is 63.5 Å². The largest absolute Gasteiger partial charge is 0.493 e. The highest BCUT2D eigenvalue weighted by Gasteiger charge is 2.09. The van der Waals surface area contributed by atoms with Crippen LogP contribution >= 0.6 is 11.8 Å². The lowest BCUT2D eigenvalue weighted by molar-refractivity contribution is 0.271. The quantitative estimate of drug-likeness (QED) is 0.774. The normalized spacial score (nSPS) is 14.4. The number of thioether (sulfide) groups is 1. The first-order valence-electron chi connectivity index (χ1n) is 7.00. The number of rotatable bonds is 8. The van der Waals surface area contributed by atoms with E-state index in [0.29, 0.717) is 18.0 Å². The summed E-state index contributed by atoms with van der Waals surface area (Å²) in [6.07, 6.45) is 2.14. The summed E-state index contributed by atoms with van der Waals surface area (Å²) >= 11 is 1.88. The standard InChI is InChI=1S/C16H27NOS/c1-12(2)10-18-16-8-6-15(7-9-16)14(4)17-13(3)11-19-5/h6-9,12-14,17H,10-11H2,1-5H3. The van der Waals surface area contributed by atoms with Crippen LogP contribution in [0.1, 0.15) is 39.3 Å². The average Bonchev–Trinajstić information content (AvgIpc) is 2.37. The Labute approximate surface area is 122 Å². The fourth-order valence-electron chi connectivity index (χ4n) is 1.94. The Hall–Kier alpha value is -0.670. The molecule has 0 bridgehead atoms. The van der Waals surface area contributed by atoms with E-state index in [-0.39, 0.29) is 0 Å². The summed E-state index contributed by atoms with van der Waals surface area (Å²) in [5, 5.41) is 3.61. The van der Waals surface area contributed by atoms with E-state index in [1.54, 1.807) is 0 Å². The van der Waals surface area contributed by atoms with E-state index in [9.17, 15) is 0 Å². The summed E-state index contributed by atoms with van der Waals surface area (Å²) in [5.74, 6) is 2.66. The van der Waals surface area contributed by atoms with Gasteiger partial charge in [0.2, 0.25) is 0 Å². The smallest absolute Gasteiger partial charge is 0.119 e. The molecule has 0 aliphatic heterocycles. The third kappa shape index (κ3) is 6.35. The molecule has 0 radical (unpaired) electrons. The molecule has 0 aliphatic rings. The maximum atomic E-state index is 5.70. The van der Waals surface area contributed by atoms with Gasteiger partial charge in [-0.1, -0.05) is 26.0 Å². The maximum Gasteiger partial charge on any atom is 0.119 e. The second-order valence-electron chi connectivity index (χ2n) is 5.52. The zero-order chi connectivity index (χ0) is 14.3. The first kappa shape index (κ1) is 16.4. The summed E-state index contributed by atoms with van der Waals surface area (Å²) in [6, 6.07) is 9.34. The van der Waals surface area contributed by atoms with E-state index in [4.69, 9.17) is 4.74 Å². The second kappa shape index (κ2) is 8.49. The van der Waals surface area contributed by atoms with Gasteiger partial charge in [-0.15, -0.1) is 0 Å². The van der Waals surface area contributed by atoms with E-state index in [1.165, 1.54) is 5.56 Å². The van der Waals surface area contributed by atoms with Gasteiger partial charge in [0.15, 0.2) is 0 Å². The highest BCUT2D eigenvalue weighted by atomic mass is 32.2. The van der Waals surface area contributed by atoms with Crippen molar-refractivity contribution in [3.63, 3.8) is 0 Å². The summed E-state index contributed by atoms with van der Waals surface area (Å²) < 4.78 is 5.70. The van der Waals surface area contributed by atoms with Crippen LogP contribution in [0.3, 0.4) is 0 Å². The molecule has 2 nitrogen and oxygen atoms in total. The molecule has 0 aromatic heterocycles. The molecule has 1 aromatic carbocycles. The Balaban J connectivity index is 2.50. The lowest BCUT2D eigenvalue weighted by Crippen LogP contribution is -2.30. The van der Waals surface area contributed by atoms with Gasteiger partial charge in [-0.05, 0) is 43.7 Å². The van der Waals surface area contributed by atoms with E-state index < -0.39 is 0 Å². The van der Waals surface area contributed by atoms with Gasteiger partial charge < -0.3 is 10.1 Å². The number of hydrogen-bond donors (Lipinski definition) is 1. The maximum absolute atomic E-state index is 5.70. The molecule has 0 spiro atoms. The van der Waals surface area contributed by atoms with Crippen molar-refractivity contribution in [3.8, 4) is 5.75 Å². The molecule has 2 unspecified atom stereocenters. The number of nitrogens with one attached hydrogen (secondary N) is 1. The van der Waals surface area contributed by atoms with Crippen LogP contribution in [0.2, 0.25) is 0 Å². The number of benzene rings is 1. The zero-order valence-electron chi connectivity index (χ0n) is 12.8. The Morgan fingerprint density at radius 3 is 2.26 bits per heavy atom. The fourth-order valence-corrected chi connectivity index (χ4v) is 2.53. The monoisotopic (exact) mass is 281 g/mol. The molecule has 108 valence electrons. The first-order chi connectivity index (χ1) is 9.02. The average molecular weight is 281 g/mol. The van der Waals surface area contributed by atoms with Gasteiger partial charge in [-0.25, -0.2) is 0 Å². The highest BCUT2D eigenvalue weighted by Crippen LogP contribution is 2.18. The van der Waals surface area contributed by atoms with Crippen LogP contribution in [-0.2, 0) is 0 Å². The van der Waals surface area contributed by atoms with Crippen molar-refractivity contribution in [3.05, 3.63) is 29.8 Å². The van der Waals surface area contributed by atoms with Crippen LogP contribution in [0, 0.1) is 5.92 Å². The molecule has 19 heavy (non-hydrogen) atoms. The molecular formula is C16H27NOS. The van der Waals surface area contributed by atoms with Crippen molar-refractivity contribution in [2.75, 3.05) is 18.6 Å². The predicted molar refractivity (Wildman–Crippen MR) is 86.2 cm³/mol. The molecule has 1 aromatic rings. The molecule has 0 amide bonds. The van der Waals surface area contributed by atoms with E-state index >= 15 is 0 Å². The van der Waals surface area contributed by atoms with Gasteiger partial charge >= 0.3 is 0 Å². The summed E-state index contributed by atoms with van der Waals surface area (Å²) in [6.45, 7) is 9.53. The number of hydrogen-bond acceptors (Lipinski definition) is 3. The van der Waals surface area contributed by atoms with Gasteiger partial charge in [0, 0.05) is 17.8 Å². The second-order valence-corrected chi connectivity index (χ2v) is 6.43. The molecule has 0 saturated carbocycles. The Morgan fingerprint density at radius 2 is 1.74 bits per heavy atom. The summed E-state index contributed by atoms with van der Waals surface area (Å²) in [5.41, 5.74) is 1.31. The summed E-state index contributed by atoms with van der Waals surface area (Å²) in [4.78, 5) is 0. The highest BCUT2D eigenvalue weighted by molar-refractivity contribution is 7.98. The van der Waals surface area contributed by atoms with E-state index in [1.807, 2.05) is 11.8 Å². The topological polar surface area (TPSA) is 21.3 Å². The Kier molecular flexibility index (Phi) is 7.32. The molecule has 1 N–H and O–H groups in total. The van der Waals surface area contributed by atoms with Gasteiger partial charge in [0.25, 0.3) is 0 Å². The lowest BCUT2D eigenvalue weighted by Gasteiger charge is -2.20. The van der Waals surface area contributed by atoms with Gasteiger partial charge in [0.1, 0.15) is 5.75 Å². The van der Waals surface area contributed by atoms with E-state index in [0.717, 1.165) is 18.1 Å². The van der Waals surface area contributed by atoms with Crippen LogP contribution in [0.15, 0.2) is 24.3 Å². The van der Waals surface area contributed by atoms with Crippen LogP contribution < -0.4 is 10.1 Å². The minimum Gasteiger partial charge on any atom is -0.493 e. The summed E-state index contributed by atoms with van der Waals surface area (Å²) in [7, 11) is 0. The van der Waals surface area contributed by atoms with Crippen molar-refractivity contribution in [2.45, 2.75) is 39.8 Å². The Morgan fingerprint density at radius 1 is 1.11 bits per heavy atom. The van der Waals surface area contributed by atoms with Gasteiger partial charge in [0.05, 0.1) is 6.61 Å². The van der Waals surface area contributed by atoms with Crippen molar-refractivity contribution < 1.29 is 4.74 Å². The molecule has 0 fully saturated rings. The van der Waals surface area contributed by atoms with Gasteiger partial charge in [-0.2, -0.15) is 11.8 Å². The van der Waals surface area contributed by atoms with Crippen molar-refractivity contribution >= 4 is 11.8 Å². The molecule has 2 atom stereocenters. The molecular weight excluding hydrogens is 254 g/mol. The van der Waals surface area contributed by atoms with Crippen molar-refractivity contribution in [1.29, 1.82) is 0 Å². The van der Waals surface area contributed by atoms with Crippen molar-refractivity contribution in [1.82, 2.24) is 5.32 Å². The molecule has 0 saturated heterocycles. The number of ether oxygens (including phenoxy) is 1. The van der Waals surface area contributed by atoms with Gasteiger partial charge in [-0.3, -0.25) is 0 Å². The minimum absolute atomic E-state index is 0.376. The molecule has 3 heteroatoms. The SMILES string of the molecule is CSCC(C)NC(C)c1ccc(OCC(C)C)cc1. The first-order valence-corrected chi connectivity index (χ1v) is 8.40. The minimum atomic E-state index is 0.376. The predicted octanol–water partition coefficient (Wildman–Crippen LogP) is 4.12. The molecule has 0 heterocycles. The van der Waals surface area contributed by atoms with Crippen LogP contribution in [0.5, 0.6) is 5.75 Å². The van der Waals surface area contributed by atoms with Crippen molar-refractivity contribution in [2.24, 2.45) is 5.92 Å². The lowest BCUT2D eigenvalue weighted by atomic mass is 10.1. The van der Waals surface area contributed by atoms with Crippen LogP contribution in [-0.4, -0.2) is 24.7 Å².